The van der Waals surface area contributed by atoms with Gasteiger partial charge in [0.1, 0.15) is 11.4 Å². The molecule has 2 rings (SSSR count). The van der Waals surface area contributed by atoms with Crippen molar-refractivity contribution in [1.82, 2.24) is 10.3 Å². The highest BCUT2D eigenvalue weighted by molar-refractivity contribution is 6.36. The van der Waals surface area contributed by atoms with Gasteiger partial charge in [0.15, 0.2) is 0 Å². The fraction of sp³-hybridized carbons (Fsp3) is 0.133. The van der Waals surface area contributed by atoms with E-state index in [1.54, 1.807) is 0 Å². The molecule has 0 bridgehead atoms. The van der Waals surface area contributed by atoms with E-state index in [1.165, 1.54) is 24.4 Å². The molecule has 0 saturated heterocycles. The number of oxime groups is 1. The summed E-state index contributed by atoms with van der Waals surface area (Å²) in [5, 5.41) is 14.6. The summed E-state index contributed by atoms with van der Waals surface area (Å²) in [6.45, 7) is -0.393. The van der Waals surface area contributed by atoms with Crippen LogP contribution in [0.4, 0.5) is 13.2 Å². The minimum Gasteiger partial charge on any atom is -0.411 e. The molecule has 1 heterocycles. The zero-order chi connectivity index (χ0) is 18.6. The molecule has 0 saturated carbocycles. The number of halogens is 5. The van der Waals surface area contributed by atoms with Crippen molar-refractivity contribution in [2.75, 3.05) is 6.54 Å². The predicted octanol–water partition coefficient (Wildman–Crippen LogP) is 4.02. The Hall–Kier alpha value is -2.32. The Bertz CT molecular complexity index is 826. The van der Waals surface area contributed by atoms with E-state index >= 15 is 0 Å². The summed E-state index contributed by atoms with van der Waals surface area (Å²) in [7, 11) is 0. The second kappa shape index (κ2) is 7.71. The maximum Gasteiger partial charge on any atom is 0.417 e. The number of pyridine rings is 1. The third-order valence-electron chi connectivity index (χ3n) is 3.10. The van der Waals surface area contributed by atoms with Gasteiger partial charge in [-0.1, -0.05) is 40.5 Å². The van der Waals surface area contributed by atoms with Crippen LogP contribution in [0, 0.1) is 0 Å². The van der Waals surface area contributed by atoms with Gasteiger partial charge in [-0.2, -0.15) is 13.2 Å². The van der Waals surface area contributed by atoms with Crippen LogP contribution in [0.5, 0.6) is 0 Å². The van der Waals surface area contributed by atoms with Crippen LogP contribution in [0.3, 0.4) is 0 Å². The molecule has 1 aromatic carbocycles. The van der Waals surface area contributed by atoms with Crippen LogP contribution in [0.15, 0.2) is 41.7 Å². The van der Waals surface area contributed by atoms with Gasteiger partial charge in [0.05, 0.1) is 27.7 Å². The molecule has 0 atom stereocenters. The van der Waals surface area contributed by atoms with Crippen LogP contribution in [-0.2, 0) is 6.18 Å². The quantitative estimate of drug-likeness (QED) is 0.469. The molecule has 132 valence electrons. The molecule has 0 aliphatic rings. The number of nitrogens with one attached hydrogen (secondary N) is 1. The molecule has 2 aromatic rings. The Morgan fingerprint density at radius 3 is 2.56 bits per heavy atom. The third-order valence-corrected chi connectivity index (χ3v) is 3.59. The average Bonchev–Trinajstić information content (AvgIpc) is 2.56. The summed E-state index contributed by atoms with van der Waals surface area (Å²) in [5.41, 5.74) is -1.72. The molecule has 0 aliphatic carbocycles. The van der Waals surface area contributed by atoms with Gasteiger partial charge in [0.2, 0.25) is 0 Å². The molecule has 25 heavy (non-hydrogen) atoms. The van der Waals surface area contributed by atoms with Crippen molar-refractivity contribution in [3.8, 4) is 0 Å². The molecule has 0 unspecified atom stereocenters. The highest BCUT2D eigenvalue weighted by Crippen LogP contribution is 2.31. The van der Waals surface area contributed by atoms with E-state index in [-0.39, 0.29) is 21.5 Å². The van der Waals surface area contributed by atoms with E-state index in [9.17, 15) is 18.0 Å². The van der Waals surface area contributed by atoms with Crippen LogP contribution in [-0.4, -0.2) is 28.4 Å². The first kappa shape index (κ1) is 19.0. The highest BCUT2D eigenvalue weighted by Gasteiger charge is 2.34. The first-order chi connectivity index (χ1) is 11.7. The van der Waals surface area contributed by atoms with Gasteiger partial charge >= 0.3 is 6.18 Å². The highest BCUT2D eigenvalue weighted by atomic mass is 35.5. The number of aromatic nitrogens is 1. The monoisotopic (exact) mass is 391 g/mol. The van der Waals surface area contributed by atoms with Crippen molar-refractivity contribution in [2.24, 2.45) is 5.16 Å². The zero-order valence-corrected chi connectivity index (χ0v) is 13.8. The van der Waals surface area contributed by atoms with Crippen molar-refractivity contribution < 1.29 is 23.2 Å². The first-order valence-electron chi connectivity index (χ1n) is 6.70. The Balaban J connectivity index is 2.19. The molecule has 0 fully saturated rings. The summed E-state index contributed by atoms with van der Waals surface area (Å²) in [5.74, 6) is -0.987. The van der Waals surface area contributed by atoms with Gasteiger partial charge in [-0.05, 0) is 18.2 Å². The molecule has 2 N–H and O–H groups in total. The minimum absolute atomic E-state index is 0.0398. The number of hydrogen-bond donors (Lipinski definition) is 2. The maximum atomic E-state index is 12.9. The zero-order valence-electron chi connectivity index (χ0n) is 12.3. The van der Waals surface area contributed by atoms with E-state index in [0.29, 0.717) is 0 Å². The second-order valence-corrected chi connectivity index (χ2v) is 5.60. The van der Waals surface area contributed by atoms with Crippen LogP contribution >= 0.6 is 23.2 Å². The Morgan fingerprint density at radius 2 is 1.96 bits per heavy atom. The Labute approximate surface area is 150 Å². The lowest BCUT2D eigenvalue weighted by molar-refractivity contribution is -0.137. The van der Waals surface area contributed by atoms with Crippen molar-refractivity contribution in [3.05, 3.63) is 63.4 Å². The smallest absolute Gasteiger partial charge is 0.411 e. The second-order valence-electron chi connectivity index (χ2n) is 4.76. The number of hydrogen-bond acceptors (Lipinski definition) is 4. The molecule has 0 radical (unpaired) electrons. The molecular weight excluding hydrogens is 382 g/mol. The van der Waals surface area contributed by atoms with Crippen LogP contribution < -0.4 is 5.32 Å². The van der Waals surface area contributed by atoms with E-state index in [2.05, 4.69) is 15.5 Å². The molecule has 10 heteroatoms. The number of benzene rings is 1. The van der Waals surface area contributed by atoms with E-state index < -0.39 is 29.8 Å². The van der Waals surface area contributed by atoms with Crippen molar-refractivity contribution in [3.63, 3.8) is 0 Å². The summed E-state index contributed by atoms with van der Waals surface area (Å²) in [6.07, 6.45) is -3.43. The fourth-order valence-electron chi connectivity index (χ4n) is 1.98. The van der Waals surface area contributed by atoms with Crippen LogP contribution in [0.1, 0.15) is 21.6 Å². The van der Waals surface area contributed by atoms with Gasteiger partial charge in [0, 0.05) is 6.20 Å². The lowest BCUT2D eigenvalue weighted by Gasteiger charge is -2.13. The molecule has 5 nitrogen and oxygen atoms in total. The van der Waals surface area contributed by atoms with Gasteiger partial charge in [-0.25, -0.2) is 0 Å². The normalized spacial score (nSPS) is 12.1. The minimum atomic E-state index is -4.68. The van der Waals surface area contributed by atoms with Crippen molar-refractivity contribution in [1.29, 1.82) is 0 Å². The number of carbonyl (C=O) groups is 1. The number of nitrogens with zero attached hydrogens (tertiary/aromatic N) is 2. The summed E-state index contributed by atoms with van der Waals surface area (Å²) in [6, 6.07) is 5.67. The van der Waals surface area contributed by atoms with Crippen molar-refractivity contribution >= 4 is 34.8 Å². The number of alkyl halides is 3. The molecule has 1 aromatic heterocycles. The number of amides is 1. The average molecular weight is 392 g/mol. The summed E-state index contributed by atoms with van der Waals surface area (Å²) < 4.78 is 38.8. The number of rotatable bonds is 4. The van der Waals surface area contributed by atoms with E-state index in [1.807, 2.05) is 0 Å². The molecule has 0 aliphatic heterocycles. The lowest BCUT2D eigenvalue weighted by atomic mass is 10.1. The maximum absolute atomic E-state index is 12.9. The molecular formula is C15H10Cl2F3N3O2. The SMILES string of the molecule is O=C(NCC(=NO)c1ncc(Cl)cc1Cl)c1ccccc1C(F)(F)F. The van der Waals surface area contributed by atoms with Gasteiger partial charge < -0.3 is 10.5 Å². The van der Waals surface area contributed by atoms with Gasteiger partial charge in [0.25, 0.3) is 5.91 Å². The summed E-state index contributed by atoms with van der Waals surface area (Å²) >= 11 is 11.6. The van der Waals surface area contributed by atoms with Gasteiger partial charge in [-0.15, -0.1) is 0 Å². The Morgan fingerprint density at radius 1 is 1.28 bits per heavy atom. The topological polar surface area (TPSA) is 74.6 Å². The number of carbonyl (C=O) groups excluding carboxylic acids is 1. The largest absolute Gasteiger partial charge is 0.417 e. The fourth-order valence-corrected chi connectivity index (χ4v) is 2.47. The third kappa shape index (κ3) is 4.61. The van der Waals surface area contributed by atoms with Crippen LogP contribution in [0.2, 0.25) is 10.0 Å². The van der Waals surface area contributed by atoms with Gasteiger partial charge in [-0.3, -0.25) is 9.78 Å². The molecule has 1 amide bonds. The van der Waals surface area contributed by atoms with Crippen molar-refractivity contribution in [2.45, 2.75) is 6.18 Å². The predicted molar refractivity (Wildman–Crippen MR) is 86.4 cm³/mol. The first-order valence-corrected chi connectivity index (χ1v) is 7.46. The molecule has 0 spiro atoms. The summed E-state index contributed by atoms with van der Waals surface area (Å²) in [4.78, 5) is 16.0. The van der Waals surface area contributed by atoms with E-state index in [4.69, 9.17) is 28.4 Å². The standard InChI is InChI=1S/C15H10Cl2F3N3O2/c16-8-5-11(17)13(21-6-8)12(23-25)7-22-14(24)9-3-1-2-4-10(9)15(18,19)20/h1-6,25H,7H2,(H,22,24). The lowest BCUT2D eigenvalue weighted by Crippen LogP contribution is -2.32. The Kier molecular flexibility index (Phi) is 5.86. The van der Waals surface area contributed by atoms with E-state index in [0.717, 1.165) is 12.1 Å². The van der Waals surface area contributed by atoms with Crippen LogP contribution in [0.25, 0.3) is 0 Å².